The molecule has 0 N–H and O–H groups in total. The Morgan fingerprint density at radius 2 is 2.24 bits per heavy atom. The van der Waals surface area contributed by atoms with E-state index in [1.165, 1.54) is 17.5 Å². The Labute approximate surface area is 127 Å². The van der Waals surface area contributed by atoms with E-state index in [0.717, 1.165) is 4.88 Å². The molecule has 0 radical (unpaired) electrons. The van der Waals surface area contributed by atoms with Crippen molar-refractivity contribution >= 4 is 28.4 Å². The van der Waals surface area contributed by atoms with Crippen LogP contribution in [0, 0.1) is 0 Å². The highest BCUT2D eigenvalue weighted by Crippen LogP contribution is 2.20. The minimum absolute atomic E-state index is 0.00961. The summed E-state index contributed by atoms with van der Waals surface area (Å²) >= 11 is 1.18. The van der Waals surface area contributed by atoms with Gasteiger partial charge in [-0.15, -0.1) is 11.3 Å². The number of allylic oxidation sites excluding steroid dienone is 1. The largest absolute Gasteiger partial charge is 0.393 e. The van der Waals surface area contributed by atoms with Gasteiger partial charge in [0.2, 0.25) is 0 Å². The number of hydrogen-bond donors (Lipinski definition) is 0. The number of oxime groups is 1. The van der Waals surface area contributed by atoms with Gasteiger partial charge in [0.25, 0.3) is 0 Å². The first-order valence-corrected chi connectivity index (χ1v) is 8.24. The summed E-state index contributed by atoms with van der Waals surface area (Å²) in [5.74, 6) is -1.75. The van der Waals surface area contributed by atoms with Crippen LogP contribution in [0.15, 0.2) is 27.6 Å². The van der Waals surface area contributed by atoms with E-state index in [0.29, 0.717) is 6.42 Å². The SMILES string of the molecule is CC(C)O/N=C\Cc1cnc([S@@](=O)CCC(F)=C(F)F)s1. The van der Waals surface area contributed by atoms with Gasteiger partial charge in [0.1, 0.15) is 6.10 Å². The van der Waals surface area contributed by atoms with Gasteiger partial charge in [-0.3, -0.25) is 4.21 Å². The molecule has 1 aromatic heterocycles. The van der Waals surface area contributed by atoms with Crippen molar-refractivity contribution in [1.82, 2.24) is 4.98 Å². The van der Waals surface area contributed by atoms with Gasteiger partial charge in [0, 0.05) is 35.9 Å². The lowest BCUT2D eigenvalue weighted by Gasteiger charge is -1.99. The van der Waals surface area contributed by atoms with Crippen LogP contribution in [0.2, 0.25) is 0 Å². The van der Waals surface area contributed by atoms with E-state index in [-0.39, 0.29) is 16.2 Å². The standard InChI is InChI=1S/C12H15F3N2O2S2/c1-8(2)19-17-5-3-9-7-16-12(20-9)21(18)6-4-10(13)11(14)15/h5,7-8H,3-4,6H2,1-2H3/b17-5-/t21-/m0/s1. The summed E-state index contributed by atoms with van der Waals surface area (Å²) in [6, 6.07) is 0. The van der Waals surface area contributed by atoms with E-state index in [2.05, 4.69) is 10.1 Å². The molecule has 1 atom stereocenters. The number of hydrogen-bond acceptors (Lipinski definition) is 5. The second kappa shape index (κ2) is 8.93. The molecule has 1 heterocycles. The van der Waals surface area contributed by atoms with Crippen molar-refractivity contribution in [2.75, 3.05) is 5.75 Å². The quantitative estimate of drug-likeness (QED) is 0.536. The summed E-state index contributed by atoms with van der Waals surface area (Å²) in [6.45, 7) is 3.69. The van der Waals surface area contributed by atoms with Gasteiger partial charge < -0.3 is 4.84 Å². The van der Waals surface area contributed by atoms with Crippen molar-refractivity contribution in [3.8, 4) is 0 Å². The van der Waals surface area contributed by atoms with Gasteiger partial charge in [-0.05, 0) is 13.8 Å². The molecule has 0 spiro atoms. The van der Waals surface area contributed by atoms with E-state index >= 15 is 0 Å². The van der Waals surface area contributed by atoms with Gasteiger partial charge >= 0.3 is 6.08 Å². The molecule has 0 fully saturated rings. The van der Waals surface area contributed by atoms with E-state index in [1.807, 2.05) is 13.8 Å². The molecule has 0 aromatic carbocycles. The summed E-state index contributed by atoms with van der Waals surface area (Å²) in [4.78, 5) is 9.73. The average molecular weight is 340 g/mol. The van der Waals surface area contributed by atoms with Gasteiger partial charge in [0.05, 0.1) is 10.8 Å². The molecule has 1 rings (SSSR count). The lowest BCUT2D eigenvalue weighted by Crippen LogP contribution is -1.98. The van der Waals surface area contributed by atoms with E-state index < -0.39 is 29.1 Å². The molecule has 0 amide bonds. The van der Waals surface area contributed by atoms with Gasteiger partial charge in [-0.1, -0.05) is 5.16 Å². The third-order valence-electron chi connectivity index (χ3n) is 2.08. The molecule has 21 heavy (non-hydrogen) atoms. The molecule has 0 aliphatic rings. The van der Waals surface area contributed by atoms with Crippen molar-refractivity contribution in [3.05, 3.63) is 23.0 Å². The van der Waals surface area contributed by atoms with Crippen LogP contribution < -0.4 is 0 Å². The highest BCUT2D eigenvalue weighted by molar-refractivity contribution is 7.87. The monoisotopic (exact) mass is 340 g/mol. The predicted molar refractivity (Wildman–Crippen MR) is 76.8 cm³/mol. The van der Waals surface area contributed by atoms with E-state index in [9.17, 15) is 17.4 Å². The van der Waals surface area contributed by atoms with Gasteiger partial charge in [-0.2, -0.15) is 8.78 Å². The second-order valence-electron chi connectivity index (χ2n) is 4.20. The summed E-state index contributed by atoms with van der Waals surface area (Å²) in [6.07, 6.45) is 0.614. The molecule has 118 valence electrons. The molecule has 9 heteroatoms. The first-order chi connectivity index (χ1) is 9.90. The van der Waals surface area contributed by atoms with Crippen molar-refractivity contribution < 1.29 is 22.2 Å². The number of aromatic nitrogens is 1. The number of thiazole rings is 1. The molecule has 1 aromatic rings. The number of rotatable bonds is 8. The Balaban J connectivity index is 2.49. The maximum Gasteiger partial charge on any atom is 0.301 e. The van der Waals surface area contributed by atoms with E-state index in [1.54, 1.807) is 6.21 Å². The molecule has 0 saturated carbocycles. The molecule has 0 unspecified atom stereocenters. The smallest absolute Gasteiger partial charge is 0.301 e. The molecule has 0 aliphatic carbocycles. The fraction of sp³-hybridized carbons (Fsp3) is 0.500. The molecule has 0 bridgehead atoms. The minimum Gasteiger partial charge on any atom is -0.393 e. The summed E-state index contributed by atoms with van der Waals surface area (Å²) in [7, 11) is -1.59. The van der Waals surface area contributed by atoms with E-state index in [4.69, 9.17) is 4.84 Å². The fourth-order valence-corrected chi connectivity index (χ4v) is 3.39. The zero-order chi connectivity index (χ0) is 15.8. The van der Waals surface area contributed by atoms with Crippen molar-refractivity contribution in [1.29, 1.82) is 0 Å². The number of halogens is 3. The summed E-state index contributed by atoms with van der Waals surface area (Å²) in [5.41, 5.74) is 0. The van der Waals surface area contributed by atoms with Crippen LogP contribution >= 0.6 is 11.3 Å². The average Bonchev–Trinajstić information content (AvgIpc) is 2.89. The zero-order valence-corrected chi connectivity index (χ0v) is 13.1. The first kappa shape index (κ1) is 17.8. The molecular weight excluding hydrogens is 325 g/mol. The highest BCUT2D eigenvalue weighted by Gasteiger charge is 2.12. The van der Waals surface area contributed by atoms with Crippen LogP contribution in [0.5, 0.6) is 0 Å². The number of nitrogens with zero attached hydrogens (tertiary/aromatic N) is 2. The van der Waals surface area contributed by atoms with Crippen LogP contribution in [-0.2, 0) is 22.1 Å². The second-order valence-corrected chi connectivity index (χ2v) is 7.06. The Morgan fingerprint density at radius 3 is 2.86 bits per heavy atom. The Morgan fingerprint density at radius 1 is 1.52 bits per heavy atom. The zero-order valence-electron chi connectivity index (χ0n) is 11.5. The van der Waals surface area contributed by atoms with Crippen molar-refractivity contribution in [2.24, 2.45) is 5.16 Å². The third-order valence-corrected chi connectivity index (χ3v) is 4.77. The predicted octanol–water partition coefficient (Wildman–Crippen LogP) is 3.67. The van der Waals surface area contributed by atoms with Crippen LogP contribution in [0.4, 0.5) is 13.2 Å². The van der Waals surface area contributed by atoms with Crippen molar-refractivity contribution in [2.45, 2.75) is 37.1 Å². The fourth-order valence-electron chi connectivity index (χ4n) is 1.15. The maximum absolute atomic E-state index is 12.6. The maximum atomic E-state index is 12.6. The summed E-state index contributed by atoms with van der Waals surface area (Å²) in [5, 5.41) is 3.74. The Kier molecular flexibility index (Phi) is 7.58. The third kappa shape index (κ3) is 6.85. The summed E-state index contributed by atoms with van der Waals surface area (Å²) < 4.78 is 48.4. The molecule has 0 saturated heterocycles. The van der Waals surface area contributed by atoms with Gasteiger partial charge in [0.15, 0.2) is 10.2 Å². The van der Waals surface area contributed by atoms with Crippen LogP contribution in [0.25, 0.3) is 0 Å². The topological polar surface area (TPSA) is 51.6 Å². The normalized spacial score (nSPS) is 12.9. The van der Waals surface area contributed by atoms with Crippen LogP contribution in [0.1, 0.15) is 25.1 Å². The minimum atomic E-state index is -2.37. The van der Waals surface area contributed by atoms with Crippen LogP contribution in [-0.4, -0.2) is 27.3 Å². The molecule has 4 nitrogen and oxygen atoms in total. The first-order valence-electron chi connectivity index (χ1n) is 6.10. The van der Waals surface area contributed by atoms with Gasteiger partial charge in [-0.25, -0.2) is 9.37 Å². The Hall–Kier alpha value is -1.22. The lowest BCUT2D eigenvalue weighted by atomic mass is 10.4. The van der Waals surface area contributed by atoms with Crippen LogP contribution in [0.3, 0.4) is 0 Å². The molecular formula is C12H15F3N2O2S2. The Bertz CT molecular complexity index is 540. The van der Waals surface area contributed by atoms with Crippen molar-refractivity contribution in [3.63, 3.8) is 0 Å². The highest BCUT2D eigenvalue weighted by atomic mass is 32.2. The lowest BCUT2D eigenvalue weighted by molar-refractivity contribution is 0.0869. The molecule has 0 aliphatic heterocycles.